The first kappa shape index (κ1) is 24.8. The van der Waals surface area contributed by atoms with Crippen LogP contribution in [0.2, 0.25) is 5.02 Å². The topological polar surface area (TPSA) is 102 Å². The number of hydrogen-bond acceptors (Lipinski definition) is 6. The third kappa shape index (κ3) is 7.10. The SMILES string of the molecule is COc1cccc(NC(=O)N[C@@H]2CCCC[C@@H]2NC(=O)c2csc(COc3ccc(Cl)cc3)n2)c1. The van der Waals surface area contributed by atoms with Gasteiger partial charge in [0.05, 0.1) is 13.2 Å². The van der Waals surface area contributed by atoms with E-state index in [0.717, 1.165) is 25.7 Å². The summed E-state index contributed by atoms with van der Waals surface area (Å²) in [5.41, 5.74) is 0.976. The van der Waals surface area contributed by atoms with Crippen molar-refractivity contribution in [1.29, 1.82) is 0 Å². The molecule has 1 fully saturated rings. The molecule has 1 aliphatic carbocycles. The van der Waals surface area contributed by atoms with Gasteiger partial charge in [-0.15, -0.1) is 11.3 Å². The summed E-state index contributed by atoms with van der Waals surface area (Å²) < 4.78 is 10.9. The lowest BCUT2D eigenvalue weighted by molar-refractivity contribution is 0.0911. The van der Waals surface area contributed by atoms with E-state index in [1.807, 2.05) is 6.07 Å². The number of anilines is 1. The molecule has 3 aromatic rings. The number of amides is 3. The van der Waals surface area contributed by atoms with Gasteiger partial charge in [-0.2, -0.15) is 0 Å². The number of benzene rings is 2. The first-order valence-corrected chi connectivity index (χ1v) is 12.6. The van der Waals surface area contributed by atoms with E-state index in [-0.39, 0.29) is 30.6 Å². The fraction of sp³-hybridized carbons (Fsp3) is 0.320. The quantitative estimate of drug-likeness (QED) is 0.381. The summed E-state index contributed by atoms with van der Waals surface area (Å²) in [6.45, 7) is 0.262. The van der Waals surface area contributed by atoms with Crippen LogP contribution in [0.4, 0.5) is 10.5 Å². The molecule has 0 radical (unpaired) electrons. The van der Waals surface area contributed by atoms with Crippen molar-refractivity contribution in [3.05, 3.63) is 69.6 Å². The number of nitrogens with one attached hydrogen (secondary N) is 3. The fourth-order valence-corrected chi connectivity index (χ4v) is 4.72. The van der Waals surface area contributed by atoms with Crippen LogP contribution in [0.1, 0.15) is 41.2 Å². The minimum atomic E-state index is -0.320. The third-order valence-electron chi connectivity index (χ3n) is 5.69. The van der Waals surface area contributed by atoms with Gasteiger partial charge in [-0.25, -0.2) is 9.78 Å². The first-order valence-electron chi connectivity index (χ1n) is 11.4. The van der Waals surface area contributed by atoms with E-state index in [4.69, 9.17) is 21.1 Å². The zero-order valence-electron chi connectivity index (χ0n) is 19.3. The van der Waals surface area contributed by atoms with Gasteiger partial charge in [0, 0.05) is 28.2 Å². The van der Waals surface area contributed by atoms with Crippen LogP contribution in [-0.2, 0) is 6.61 Å². The molecule has 8 nitrogen and oxygen atoms in total. The van der Waals surface area contributed by atoms with Gasteiger partial charge in [-0.1, -0.05) is 30.5 Å². The highest BCUT2D eigenvalue weighted by molar-refractivity contribution is 7.09. The Labute approximate surface area is 213 Å². The Morgan fingerprint density at radius 1 is 1.06 bits per heavy atom. The summed E-state index contributed by atoms with van der Waals surface area (Å²) in [6.07, 6.45) is 3.54. The number of carbonyl (C=O) groups excluding carboxylic acids is 2. The second kappa shape index (κ2) is 11.9. The summed E-state index contributed by atoms with van der Waals surface area (Å²) in [5, 5.41) is 11.9. The molecule has 4 rings (SSSR count). The van der Waals surface area contributed by atoms with Crippen LogP contribution in [0.3, 0.4) is 0 Å². The molecule has 3 amide bonds. The Morgan fingerprint density at radius 3 is 2.54 bits per heavy atom. The molecule has 1 aromatic heterocycles. The highest BCUT2D eigenvalue weighted by Gasteiger charge is 2.28. The van der Waals surface area contributed by atoms with E-state index in [9.17, 15) is 9.59 Å². The smallest absolute Gasteiger partial charge is 0.319 e. The van der Waals surface area contributed by atoms with Gasteiger partial charge < -0.3 is 25.4 Å². The van der Waals surface area contributed by atoms with Crippen molar-refractivity contribution in [3.63, 3.8) is 0 Å². The molecule has 1 aliphatic rings. The van der Waals surface area contributed by atoms with Crippen molar-refractivity contribution in [2.45, 2.75) is 44.4 Å². The summed E-state index contributed by atoms with van der Waals surface area (Å²) >= 11 is 7.26. The normalized spacial score (nSPS) is 17.3. The van der Waals surface area contributed by atoms with E-state index < -0.39 is 0 Å². The van der Waals surface area contributed by atoms with Crippen molar-refractivity contribution in [1.82, 2.24) is 15.6 Å². The Hall–Kier alpha value is -3.30. The van der Waals surface area contributed by atoms with Crippen LogP contribution in [-0.4, -0.2) is 36.1 Å². The second-order valence-corrected chi connectivity index (χ2v) is 9.55. The maximum atomic E-state index is 12.9. The number of thiazole rings is 1. The average molecular weight is 515 g/mol. The Balaban J connectivity index is 1.30. The van der Waals surface area contributed by atoms with Crippen molar-refractivity contribution >= 4 is 40.6 Å². The van der Waals surface area contributed by atoms with Crippen LogP contribution >= 0.6 is 22.9 Å². The zero-order valence-corrected chi connectivity index (χ0v) is 20.8. The monoisotopic (exact) mass is 514 g/mol. The van der Waals surface area contributed by atoms with Crippen LogP contribution in [0, 0.1) is 0 Å². The number of hydrogen-bond donors (Lipinski definition) is 3. The molecule has 0 unspecified atom stereocenters. The zero-order chi connectivity index (χ0) is 24.6. The molecule has 3 N–H and O–H groups in total. The molecule has 0 aliphatic heterocycles. The summed E-state index contributed by atoms with van der Waals surface area (Å²) in [6, 6.07) is 13.5. The second-order valence-electron chi connectivity index (χ2n) is 8.17. The number of carbonyl (C=O) groups is 2. The van der Waals surface area contributed by atoms with Gasteiger partial charge in [-0.05, 0) is 49.2 Å². The Morgan fingerprint density at radius 2 is 1.80 bits per heavy atom. The lowest BCUT2D eigenvalue weighted by Gasteiger charge is -2.32. The largest absolute Gasteiger partial charge is 0.497 e. The molecular formula is C25H27ClN4O4S. The van der Waals surface area contributed by atoms with Gasteiger partial charge >= 0.3 is 6.03 Å². The molecule has 0 bridgehead atoms. The third-order valence-corrected chi connectivity index (χ3v) is 6.76. The van der Waals surface area contributed by atoms with Crippen LogP contribution in [0.15, 0.2) is 53.9 Å². The molecule has 1 heterocycles. The van der Waals surface area contributed by atoms with Gasteiger partial charge in [-0.3, -0.25) is 4.79 Å². The maximum Gasteiger partial charge on any atom is 0.319 e. The summed E-state index contributed by atoms with van der Waals surface area (Å²) in [5.74, 6) is 1.08. The molecule has 2 atom stereocenters. The maximum absolute atomic E-state index is 12.9. The van der Waals surface area contributed by atoms with E-state index in [0.29, 0.717) is 32.9 Å². The Bertz CT molecular complexity index is 1150. The van der Waals surface area contributed by atoms with Crippen LogP contribution in [0.5, 0.6) is 11.5 Å². The predicted molar refractivity (Wildman–Crippen MR) is 137 cm³/mol. The highest BCUT2D eigenvalue weighted by Crippen LogP contribution is 2.22. The number of ether oxygens (including phenoxy) is 2. The summed E-state index contributed by atoms with van der Waals surface area (Å²) in [4.78, 5) is 29.9. The van der Waals surface area contributed by atoms with Gasteiger partial charge in [0.2, 0.25) is 0 Å². The van der Waals surface area contributed by atoms with E-state index in [1.165, 1.54) is 11.3 Å². The van der Waals surface area contributed by atoms with Crippen molar-refractivity contribution in [2.75, 3.05) is 12.4 Å². The van der Waals surface area contributed by atoms with Crippen LogP contribution < -0.4 is 25.4 Å². The lowest BCUT2D eigenvalue weighted by Crippen LogP contribution is -2.54. The molecule has 0 saturated heterocycles. The molecule has 10 heteroatoms. The molecular weight excluding hydrogens is 488 g/mol. The molecule has 184 valence electrons. The molecule has 1 saturated carbocycles. The standard InChI is InChI=1S/C25H27ClN4O4S/c1-33-19-6-4-5-17(13-19)27-25(32)30-21-8-3-2-7-20(21)29-24(31)22-15-35-23(28-22)14-34-18-11-9-16(26)10-12-18/h4-6,9-13,15,20-21H,2-3,7-8,14H2,1H3,(H,29,31)(H2,27,30,32)/t20-,21+/m0/s1. The number of rotatable bonds is 8. The number of methoxy groups -OCH3 is 1. The number of aromatic nitrogens is 1. The molecule has 35 heavy (non-hydrogen) atoms. The number of urea groups is 1. The highest BCUT2D eigenvalue weighted by atomic mass is 35.5. The van der Waals surface area contributed by atoms with E-state index in [1.54, 1.807) is 55.0 Å². The fourth-order valence-electron chi connectivity index (χ4n) is 3.91. The van der Waals surface area contributed by atoms with E-state index >= 15 is 0 Å². The number of halogens is 1. The first-order chi connectivity index (χ1) is 17.0. The molecule has 0 spiro atoms. The van der Waals surface area contributed by atoms with Crippen LogP contribution in [0.25, 0.3) is 0 Å². The molecule has 2 aromatic carbocycles. The predicted octanol–water partition coefficient (Wildman–Crippen LogP) is 5.25. The lowest BCUT2D eigenvalue weighted by atomic mass is 9.90. The summed E-state index contributed by atoms with van der Waals surface area (Å²) in [7, 11) is 1.58. The average Bonchev–Trinajstić information content (AvgIpc) is 3.34. The number of nitrogens with zero attached hydrogens (tertiary/aromatic N) is 1. The Kier molecular flexibility index (Phi) is 8.44. The van der Waals surface area contributed by atoms with Crippen molar-refractivity contribution < 1.29 is 19.1 Å². The van der Waals surface area contributed by atoms with Crippen molar-refractivity contribution in [3.8, 4) is 11.5 Å². The minimum Gasteiger partial charge on any atom is -0.497 e. The minimum absolute atomic E-state index is 0.176. The van der Waals surface area contributed by atoms with E-state index in [2.05, 4.69) is 20.9 Å². The van der Waals surface area contributed by atoms with Gasteiger partial charge in [0.25, 0.3) is 5.91 Å². The van der Waals surface area contributed by atoms with Gasteiger partial charge in [0.15, 0.2) is 0 Å². The van der Waals surface area contributed by atoms with Crippen molar-refractivity contribution in [2.24, 2.45) is 0 Å². The van der Waals surface area contributed by atoms with Gasteiger partial charge in [0.1, 0.15) is 28.8 Å².